The normalized spacial score (nSPS) is 11.4. The van der Waals surface area contributed by atoms with Crippen LogP contribution in [0.2, 0.25) is 5.02 Å². The molecule has 10 nitrogen and oxygen atoms in total. The lowest BCUT2D eigenvalue weighted by atomic mass is 10.2. The summed E-state index contributed by atoms with van der Waals surface area (Å²) in [6.45, 7) is -0.0662. The number of amidine groups is 1. The highest BCUT2D eigenvalue weighted by Gasteiger charge is 2.19. The maximum Gasteiger partial charge on any atom is 0.287 e. The van der Waals surface area contributed by atoms with Gasteiger partial charge in [-0.15, -0.1) is 0 Å². The van der Waals surface area contributed by atoms with Gasteiger partial charge in [0.2, 0.25) is 5.84 Å². The fourth-order valence-corrected chi connectivity index (χ4v) is 2.16. The lowest BCUT2D eigenvalue weighted by molar-refractivity contribution is 0.0940. The molecule has 0 fully saturated rings. The third-order valence-electron chi connectivity index (χ3n) is 3.19. The first kappa shape index (κ1) is 17.4. The van der Waals surface area contributed by atoms with E-state index in [2.05, 4.69) is 40.7 Å². The van der Waals surface area contributed by atoms with E-state index in [-0.39, 0.29) is 34.6 Å². The molecule has 0 aliphatic rings. The van der Waals surface area contributed by atoms with Crippen LogP contribution in [0.15, 0.2) is 40.4 Å². The molecule has 0 radical (unpaired) electrons. The number of benzene rings is 1. The molecule has 0 spiro atoms. The minimum atomic E-state index is -0.593. The second-order valence-electron chi connectivity index (χ2n) is 4.88. The van der Waals surface area contributed by atoms with Gasteiger partial charge < -0.3 is 20.8 Å². The third-order valence-corrected chi connectivity index (χ3v) is 3.48. The maximum atomic E-state index is 13.2. The highest BCUT2D eigenvalue weighted by atomic mass is 35.5. The number of hydrogen-bond acceptors (Lipinski definition) is 7. The van der Waals surface area contributed by atoms with E-state index in [1.54, 1.807) is 0 Å². The standard InChI is InChI=1S/C14H11ClFN7O3/c15-8-5-7(1-2-9(8)16)20-12(21-25)11-10(22-26-23-11)6-19-14(24)13-17-3-4-18-13/h1-5,25H,6H2,(H,17,18)(H,19,24)(H,20,21). The van der Waals surface area contributed by atoms with Crippen LogP contribution in [-0.2, 0) is 6.54 Å². The molecular formula is C14H11ClFN7O3. The van der Waals surface area contributed by atoms with E-state index in [0.29, 0.717) is 5.69 Å². The summed E-state index contributed by atoms with van der Waals surface area (Å²) in [6, 6.07) is 3.83. The first-order valence-electron chi connectivity index (χ1n) is 7.12. The van der Waals surface area contributed by atoms with Gasteiger partial charge in [0.25, 0.3) is 5.91 Å². The van der Waals surface area contributed by atoms with Crippen LogP contribution in [-0.4, -0.2) is 37.2 Å². The number of hydrogen-bond donors (Lipinski definition) is 4. The second kappa shape index (κ2) is 7.61. The molecule has 2 heterocycles. The zero-order chi connectivity index (χ0) is 18.5. The Labute approximate surface area is 150 Å². The van der Waals surface area contributed by atoms with E-state index in [9.17, 15) is 14.4 Å². The molecule has 1 amide bonds. The molecule has 0 aliphatic heterocycles. The Kier molecular flexibility index (Phi) is 5.08. The van der Waals surface area contributed by atoms with Gasteiger partial charge in [-0.25, -0.2) is 14.0 Å². The molecule has 0 saturated carbocycles. The zero-order valence-corrected chi connectivity index (χ0v) is 13.7. The summed E-state index contributed by atoms with van der Waals surface area (Å²) in [5.41, 5.74) is 0.587. The Hall–Kier alpha value is -3.47. The molecule has 1 aromatic carbocycles. The van der Waals surface area contributed by atoms with E-state index in [1.807, 2.05) is 0 Å². The van der Waals surface area contributed by atoms with E-state index in [0.717, 1.165) is 6.07 Å². The fraction of sp³-hybridized carbons (Fsp3) is 0.0714. The van der Waals surface area contributed by atoms with Crippen molar-refractivity contribution in [2.75, 3.05) is 5.32 Å². The second-order valence-corrected chi connectivity index (χ2v) is 5.29. The first-order chi connectivity index (χ1) is 12.6. The smallest absolute Gasteiger partial charge is 0.287 e. The van der Waals surface area contributed by atoms with Gasteiger partial charge in [0.1, 0.15) is 11.5 Å². The van der Waals surface area contributed by atoms with Crippen molar-refractivity contribution in [3.8, 4) is 0 Å². The molecule has 0 saturated heterocycles. The van der Waals surface area contributed by atoms with E-state index < -0.39 is 11.7 Å². The fourth-order valence-electron chi connectivity index (χ4n) is 1.98. The maximum absolute atomic E-state index is 13.2. The average molecular weight is 380 g/mol. The predicted molar refractivity (Wildman–Crippen MR) is 87.4 cm³/mol. The first-order valence-corrected chi connectivity index (χ1v) is 7.49. The SMILES string of the molecule is O=C(NCc1nonc1C(=NO)Nc1ccc(F)c(Cl)c1)c1ncc[nH]1. The van der Waals surface area contributed by atoms with Crippen LogP contribution in [0.4, 0.5) is 10.1 Å². The topological polar surface area (TPSA) is 141 Å². The molecule has 3 rings (SSSR count). The number of carbonyl (C=O) groups is 1. The number of halogens is 2. The highest BCUT2D eigenvalue weighted by Crippen LogP contribution is 2.20. The van der Waals surface area contributed by atoms with Gasteiger partial charge in [-0.1, -0.05) is 21.9 Å². The molecule has 0 atom stereocenters. The van der Waals surface area contributed by atoms with E-state index in [1.165, 1.54) is 24.5 Å². The van der Waals surface area contributed by atoms with Crippen LogP contribution >= 0.6 is 11.6 Å². The van der Waals surface area contributed by atoms with Gasteiger partial charge in [0.15, 0.2) is 11.5 Å². The summed E-state index contributed by atoms with van der Waals surface area (Å²) < 4.78 is 17.9. The molecule has 12 heteroatoms. The summed E-state index contributed by atoms with van der Waals surface area (Å²) in [7, 11) is 0. The van der Waals surface area contributed by atoms with Crippen molar-refractivity contribution >= 4 is 29.0 Å². The molecule has 2 aromatic heterocycles. The molecule has 0 unspecified atom stereocenters. The van der Waals surface area contributed by atoms with Gasteiger partial charge in [-0.05, 0) is 23.4 Å². The van der Waals surface area contributed by atoms with Crippen LogP contribution in [0.3, 0.4) is 0 Å². The van der Waals surface area contributed by atoms with Crippen molar-refractivity contribution in [3.05, 3.63) is 58.6 Å². The minimum Gasteiger partial charge on any atom is -0.409 e. The Morgan fingerprint density at radius 1 is 1.42 bits per heavy atom. The number of oxime groups is 1. The lowest BCUT2D eigenvalue weighted by Crippen LogP contribution is -2.26. The van der Waals surface area contributed by atoms with Gasteiger partial charge in [0, 0.05) is 18.1 Å². The average Bonchev–Trinajstić information content (AvgIpc) is 3.32. The zero-order valence-electron chi connectivity index (χ0n) is 12.9. The summed E-state index contributed by atoms with van der Waals surface area (Å²) in [5, 5.41) is 24.8. The Balaban J connectivity index is 1.73. The Bertz CT molecular complexity index is 942. The number of aromatic amines is 1. The summed E-state index contributed by atoms with van der Waals surface area (Å²) >= 11 is 5.71. The number of anilines is 1. The van der Waals surface area contributed by atoms with Crippen molar-refractivity contribution in [1.29, 1.82) is 0 Å². The summed E-state index contributed by atoms with van der Waals surface area (Å²) in [5.74, 6) is -1.07. The van der Waals surface area contributed by atoms with Crippen molar-refractivity contribution in [2.24, 2.45) is 5.16 Å². The van der Waals surface area contributed by atoms with Gasteiger partial charge in [-0.2, -0.15) is 0 Å². The van der Waals surface area contributed by atoms with Crippen LogP contribution in [0.25, 0.3) is 0 Å². The van der Waals surface area contributed by atoms with Crippen LogP contribution < -0.4 is 10.6 Å². The third kappa shape index (κ3) is 3.78. The van der Waals surface area contributed by atoms with E-state index >= 15 is 0 Å². The van der Waals surface area contributed by atoms with Gasteiger partial charge in [0.05, 0.1) is 11.6 Å². The van der Waals surface area contributed by atoms with Gasteiger partial charge in [-0.3, -0.25) is 4.79 Å². The highest BCUT2D eigenvalue weighted by molar-refractivity contribution is 6.31. The number of nitrogens with one attached hydrogen (secondary N) is 3. The van der Waals surface area contributed by atoms with Crippen LogP contribution in [0, 0.1) is 5.82 Å². The lowest BCUT2D eigenvalue weighted by Gasteiger charge is -2.07. The number of nitrogens with zero attached hydrogens (tertiary/aromatic N) is 4. The number of amides is 1. The van der Waals surface area contributed by atoms with Crippen molar-refractivity contribution in [1.82, 2.24) is 25.6 Å². The minimum absolute atomic E-state index is 0.0488. The number of aromatic nitrogens is 4. The largest absolute Gasteiger partial charge is 0.409 e. The van der Waals surface area contributed by atoms with E-state index in [4.69, 9.17) is 11.6 Å². The number of H-pyrrole nitrogens is 1. The number of carbonyl (C=O) groups excluding carboxylic acids is 1. The summed E-state index contributed by atoms with van der Waals surface area (Å²) in [4.78, 5) is 18.4. The number of rotatable bonds is 5. The Morgan fingerprint density at radius 2 is 2.27 bits per heavy atom. The molecule has 3 aromatic rings. The summed E-state index contributed by atoms with van der Waals surface area (Å²) in [6.07, 6.45) is 2.94. The molecule has 0 bridgehead atoms. The van der Waals surface area contributed by atoms with Gasteiger partial charge >= 0.3 is 0 Å². The molecule has 26 heavy (non-hydrogen) atoms. The van der Waals surface area contributed by atoms with Crippen molar-refractivity contribution in [3.63, 3.8) is 0 Å². The van der Waals surface area contributed by atoms with Crippen LogP contribution in [0.1, 0.15) is 22.0 Å². The van der Waals surface area contributed by atoms with Crippen molar-refractivity contribution in [2.45, 2.75) is 6.54 Å². The Morgan fingerprint density at radius 3 is 2.96 bits per heavy atom. The number of imidazole rings is 1. The molecular weight excluding hydrogens is 369 g/mol. The monoisotopic (exact) mass is 379 g/mol. The molecule has 0 aliphatic carbocycles. The predicted octanol–water partition coefficient (Wildman–Crippen LogP) is 1.76. The van der Waals surface area contributed by atoms with Crippen LogP contribution in [0.5, 0.6) is 0 Å². The molecule has 134 valence electrons. The van der Waals surface area contributed by atoms with Crippen molar-refractivity contribution < 1.29 is 19.0 Å². The molecule has 4 N–H and O–H groups in total. The quantitative estimate of drug-likeness (QED) is 0.229.